The Labute approximate surface area is 93.3 Å². The second-order valence-electron chi connectivity index (χ2n) is 5.02. The fraction of sp³-hybridized carbons (Fsp3) is 0.455. The summed E-state index contributed by atoms with van der Waals surface area (Å²) < 4.78 is 22.2. The largest absolute Gasteiger partial charge is 0.229 e. The van der Waals surface area contributed by atoms with E-state index in [1.165, 1.54) is 11.4 Å². The lowest BCUT2D eigenvalue weighted by molar-refractivity contribution is 0.601. The molecule has 0 aromatic heterocycles. The van der Waals surface area contributed by atoms with Crippen molar-refractivity contribution in [3.8, 4) is 0 Å². The Hall–Kier alpha value is -0.613. The van der Waals surface area contributed by atoms with Gasteiger partial charge >= 0.3 is 0 Å². The van der Waals surface area contributed by atoms with Crippen LogP contribution in [0.2, 0.25) is 19.6 Å². The molecule has 0 unspecified atom stereocenters. The molecule has 0 amide bonds. The summed E-state index contributed by atoms with van der Waals surface area (Å²) in [5.74, 6) is 0.138. The second kappa shape index (κ2) is 4.10. The van der Waals surface area contributed by atoms with Crippen LogP contribution in [0.15, 0.2) is 24.3 Å². The van der Waals surface area contributed by atoms with Crippen LogP contribution in [0.1, 0.15) is 5.56 Å². The summed E-state index contributed by atoms with van der Waals surface area (Å²) in [6, 6.07) is 7.97. The number of rotatable bonds is 3. The SMILES string of the molecule is C[Si](C)(C)c1ccc(CS(C)(=O)=O)cc1. The number of hydrogen-bond acceptors (Lipinski definition) is 2. The molecular formula is C11H18O2SSi. The fourth-order valence-corrected chi connectivity index (χ4v) is 3.37. The van der Waals surface area contributed by atoms with Gasteiger partial charge < -0.3 is 0 Å². The molecule has 0 aliphatic rings. The zero-order chi connectivity index (χ0) is 11.7. The molecule has 4 heteroatoms. The minimum absolute atomic E-state index is 0.138. The van der Waals surface area contributed by atoms with Crippen molar-refractivity contribution in [1.82, 2.24) is 0 Å². The zero-order valence-corrected chi connectivity index (χ0v) is 11.6. The normalized spacial score (nSPS) is 12.8. The van der Waals surface area contributed by atoms with Crippen LogP contribution in [0, 0.1) is 0 Å². The van der Waals surface area contributed by atoms with Gasteiger partial charge in [-0.2, -0.15) is 0 Å². The number of sulfone groups is 1. The first kappa shape index (κ1) is 12.5. The Morgan fingerprint density at radius 1 is 1.07 bits per heavy atom. The monoisotopic (exact) mass is 242 g/mol. The van der Waals surface area contributed by atoms with Gasteiger partial charge in [0.25, 0.3) is 0 Å². The minimum atomic E-state index is -2.91. The van der Waals surface area contributed by atoms with E-state index in [2.05, 4.69) is 31.8 Å². The predicted octanol–water partition coefficient (Wildman–Crippen LogP) is 1.78. The van der Waals surface area contributed by atoms with Crippen molar-refractivity contribution in [2.45, 2.75) is 25.4 Å². The van der Waals surface area contributed by atoms with Crippen LogP contribution in [0.4, 0.5) is 0 Å². The quantitative estimate of drug-likeness (QED) is 0.757. The molecular weight excluding hydrogens is 224 g/mol. The Kier molecular flexibility index (Phi) is 3.40. The highest BCUT2D eigenvalue weighted by Crippen LogP contribution is 2.07. The highest BCUT2D eigenvalue weighted by molar-refractivity contribution is 7.89. The van der Waals surface area contributed by atoms with Crippen LogP contribution in [-0.4, -0.2) is 22.7 Å². The van der Waals surface area contributed by atoms with Crippen molar-refractivity contribution in [3.05, 3.63) is 29.8 Å². The first-order valence-corrected chi connectivity index (χ1v) is 10.5. The molecule has 0 aliphatic heterocycles. The maximum Gasteiger partial charge on any atom is 0.151 e. The maximum absolute atomic E-state index is 11.1. The van der Waals surface area contributed by atoms with E-state index in [0.29, 0.717) is 0 Å². The Morgan fingerprint density at radius 3 is 1.87 bits per heavy atom. The van der Waals surface area contributed by atoms with Crippen molar-refractivity contribution in [2.24, 2.45) is 0 Å². The van der Waals surface area contributed by atoms with E-state index in [4.69, 9.17) is 0 Å². The third-order valence-electron chi connectivity index (χ3n) is 2.25. The Bertz CT molecular complexity index is 427. The molecule has 0 heterocycles. The van der Waals surface area contributed by atoms with Gasteiger partial charge in [0.05, 0.1) is 13.8 Å². The smallest absolute Gasteiger partial charge is 0.151 e. The van der Waals surface area contributed by atoms with Gasteiger partial charge in [-0.25, -0.2) is 8.42 Å². The molecule has 0 saturated carbocycles. The summed E-state index contributed by atoms with van der Waals surface area (Å²) in [4.78, 5) is 0. The van der Waals surface area contributed by atoms with Crippen molar-refractivity contribution in [2.75, 3.05) is 6.26 Å². The molecule has 0 N–H and O–H groups in total. The van der Waals surface area contributed by atoms with Crippen molar-refractivity contribution >= 4 is 23.1 Å². The van der Waals surface area contributed by atoms with Gasteiger partial charge in [-0.05, 0) is 5.56 Å². The topological polar surface area (TPSA) is 34.1 Å². The van der Waals surface area contributed by atoms with E-state index in [1.54, 1.807) is 0 Å². The minimum Gasteiger partial charge on any atom is -0.229 e. The highest BCUT2D eigenvalue weighted by Gasteiger charge is 2.15. The third kappa shape index (κ3) is 4.18. The van der Waals surface area contributed by atoms with Crippen molar-refractivity contribution < 1.29 is 8.42 Å². The van der Waals surface area contributed by atoms with E-state index in [-0.39, 0.29) is 5.75 Å². The Morgan fingerprint density at radius 2 is 1.53 bits per heavy atom. The average molecular weight is 242 g/mol. The van der Waals surface area contributed by atoms with Crippen molar-refractivity contribution in [3.63, 3.8) is 0 Å². The predicted molar refractivity (Wildman–Crippen MR) is 68.0 cm³/mol. The maximum atomic E-state index is 11.1. The number of hydrogen-bond donors (Lipinski definition) is 0. The van der Waals surface area contributed by atoms with Gasteiger partial charge in [0.15, 0.2) is 9.84 Å². The van der Waals surface area contributed by atoms with Gasteiger partial charge in [0.1, 0.15) is 0 Å². The first-order valence-electron chi connectivity index (χ1n) is 4.96. The summed E-state index contributed by atoms with van der Waals surface area (Å²) >= 11 is 0. The molecule has 1 rings (SSSR count). The van der Waals surface area contributed by atoms with Gasteiger partial charge in [-0.15, -0.1) is 0 Å². The van der Waals surface area contributed by atoms with E-state index >= 15 is 0 Å². The molecule has 2 nitrogen and oxygen atoms in total. The molecule has 0 spiro atoms. The third-order valence-corrected chi connectivity index (χ3v) is 5.17. The van der Waals surface area contributed by atoms with E-state index in [1.807, 2.05) is 12.1 Å². The zero-order valence-electron chi connectivity index (χ0n) is 9.74. The summed E-state index contributed by atoms with van der Waals surface area (Å²) in [6.45, 7) is 6.83. The van der Waals surface area contributed by atoms with Gasteiger partial charge in [-0.1, -0.05) is 49.1 Å². The van der Waals surface area contributed by atoms with Crippen LogP contribution in [0.25, 0.3) is 0 Å². The molecule has 84 valence electrons. The second-order valence-corrected chi connectivity index (χ2v) is 12.2. The molecule has 1 aromatic carbocycles. The van der Waals surface area contributed by atoms with Gasteiger partial charge in [0.2, 0.25) is 0 Å². The molecule has 1 aromatic rings. The van der Waals surface area contributed by atoms with Crippen molar-refractivity contribution in [1.29, 1.82) is 0 Å². The lowest BCUT2D eigenvalue weighted by Gasteiger charge is -2.16. The standard InChI is InChI=1S/C11H18O2SSi/c1-14(12,13)9-10-5-7-11(8-6-10)15(2,3)4/h5-8H,9H2,1-4H3. The van der Waals surface area contributed by atoms with E-state index < -0.39 is 17.9 Å². The van der Waals surface area contributed by atoms with Crippen LogP contribution < -0.4 is 5.19 Å². The lowest BCUT2D eigenvalue weighted by Crippen LogP contribution is -2.37. The summed E-state index contributed by atoms with van der Waals surface area (Å²) in [5.41, 5.74) is 0.875. The summed E-state index contributed by atoms with van der Waals surface area (Å²) in [7, 11) is -4.18. The molecule has 0 fully saturated rings. The van der Waals surface area contributed by atoms with Gasteiger partial charge in [0, 0.05) is 6.26 Å². The average Bonchev–Trinajstić information content (AvgIpc) is 2.00. The Balaban J connectivity index is 2.91. The molecule has 15 heavy (non-hydrogen) atoms. The molecule has 0 aliphatic carbocycles. The van der Waals surface area contributed by atoms with Crippen LogP contribution >= 0.6 is 0 Å². The highest BCUT2D eigenvalue weighted by atomic mass is 32.2. The van der Waals surface area contributed by atoms with Crippen LogP contribution in [-0.2, 0) is 15.6 Å². The molecule has 0 bridgehead atoms. The number of benzene rings is 1. The molecule has 0 radical (unpaired) electrons. The molecule has 0 atom stereocenters. The van der Waals surface area contributed by atoms with E-state index in [0.717, 1.165) is 5.56 Å². The molecule has 0 saturated heterocycles. The van der Waals surface area contributed by atoms with Crippen LogP contribution in [0.3, 0.4) is 0 Å². The van der Waals surface area contributed by atoms with E-state index in [9.17, 15) is 8.42 Å². The summed E-state index contributed by atoms with van der Waals surface area (Å²) in [5, 5.41) is 1.36. The lowest BCUT2D eigenvalue weighted by atomic mass is 10.2. The van der Waals surface area contributed by atoms with Gasteiger partial charge in [-0.3, -0.25) is 0 Å². The first-order chi connectivity index (χ1) is 6.68. The fourth-order valence-electron chi connectivity index (χ4n) is 1.40. The summed E-state index contributed by atoms with van der Waals surface area (Å²) in [6.07, 6.45) is 1.26. The van der Waals surface area contributed by atoms with Crippen LogP contribution in [0.5, 0.6) is 0 Å².